The first-order chi connectivity index (χ1) is 10.1. The maximum Gasteiger partial charge on any atom is 0.115 e. The molecule has 0 unspecified atom stereocenters. The van der Waals surface area contributed by atoms with Crippen LogP contribution in [0.4, 0.5) is 0 Å². The molecule has 0 aromatic heterocycles. The molecule has 2 saturated carbocycles. The summed E-state index contributed by atoms with van der Waals surface area (Å²) in [7, 11) is 0. The Bertz CT molecular complexity index is 663. The molecule has 21 heavy (non-hydrogen) atoms. The fraction of sp³-hybridized carbons (Fsp3) is 0.500. The van der Waals surface area contributed by atoms with Crippen LogP contribution in [0.2, 0.25) is 0 Å². The molecular formula is C20H22O. The molecule has 1 aromatic carbocycles. The van der Waals surface area contributed by atoms with E-state index in [9.17, 15) is 5.11 Å². The van der Waals surface area contributed by atoms with Crippen molar-refractivity contribution in [3.05, 3.63) is 41.0 Å². The number of hydrogen-bond acceptors (Lipinski definition) is 1. The van der Waals surface area contributed by atoms with Crippen molar-refractivity contribution in [2.45, 2.75) is 44.9 Å². The van der Waals surface area contributed by atoms with Crippen LogP contribution in [0.15, 0.2) is 29.8 Å². The molecule has 0 aliphatic heterocycles. The highest BCUT2D eigenvalue weighted by atomic mass is 16.3. The Hall–Kier alpha value is -1.68. The molecule has 1 N–H and O–H groups in total. The van der Waals surface area contributed by atoms with Crippen LogP contribution in [0.3, 0.4) is 0 Å². The summed E-state index contributed by atoms with van der Waals surface area (Å²) >= 11 is 0. The topological polar surface area (TPSA) is 20.2 Å². The standard InChI is InChI=1S/C20H22O/c1-3-14-5-9-19-18-7-4-13-12-15(21)6-8-16(13)17(18)10-11-20(14,19)2/h1,6-8,12,14,17,19,21H,4-5,9-11H2,2H3/t14-,17+,19-,20+/m0/s1. The number of terminal acetylenes is 1. The van der Waals surface area contributed by atoms with Gasteiger partial charge >= 0.3 is 0 Å². The van der Waals surface area contributed by atoms with E-state index in [1.165, 1.54) is 36.8 Å². The van der Waals surface area contributed by atoms with Crippen LogP contribution in [-0.4, -0.2) is 5.11 Å². The van der Waals surface area contributed by atoms with Crippen LogP contribution < -0.4 is 0 Å². The zero-order valence-corrected chi connectivity index (χ0v) is 12.6. The molecule has 0 amide bonds. The van der Waals surface area contributed by atoms with E-state index < -0.39 is 0 Å². The first-order valence-electron chi connectivity index (χ1n) is 8.11. The molecule has 1 heteroatoms. The van der Waals surface area contributed by atoms with Crippen molar-refractivity contribution in [3.63, 3.8) is 0 Å². The zero-order valence-electron chi connectivity index (χ0n) is 12.6. The molecule has 0 heterocycles. The Morgan fingerprint density at radius 1 is 1.29 bits per heavy atom. The summed E-state index contributed by atoms with van der Waals surface area (Å²) in [6, 6.07) is 5.92. The number of phenols is 1. The third-order valence-electron chi connectivity index (χ3n) is 6.37. The minimum absolute atomic E-state index is 0.311. The highest BCUT2D eigenvalue weighted by Crippen LogP contribution is 2.61. The fourth-order valence-corrected chi connectivity index (χ4v) is 5.23. The van der Waals surface area contributed by atoms with Crippen molar-refractivity contribution in [2.75, 3.05) is 0 Å². The molecule has 108 valence electrons. The molecule has 0 spiro atoms. The molecule has 1 nitrogen and oxygen atoms in total. The molecule has 4 atom stereocenters. The van der Waals surface area contributed by atoms with Gasteiger partial charge in [0.1, 0.15) is 5.75 Å². The summed E-state index contributed by atoms with van der Waals surface area (Å²) in [6.45, 7) is 2.42. The van der Waals surface area contributed by atoms with E-state index in [4.69, 9.17) is 6.42 Å². The zero-order chi connectivity index (χ0) is 14.6. The van der Waals surface area contributed by atoms with Crippen molar-refractivity contribution in [3.8, 4) is 18.1 Å². The maximum absolute atomic E-state index is 9.70. The van der Waals surface area contributed by atoms with E-state index in [0.717, 1.165) is 6.42 Å². The predicted molar refractivity (Wildman–Crippen MR) is 85.0 cm³/mol. The molecule has 0 radical (unpaired) electrons. The largest absolute Gasteiger partial charge is 0.508 e. The number of hydrogen-bond donors (Lipinski definition) is 1. The Labute approximate surface area is 127 Å². The van der Waals surface area contributed by atoms with Gasteiger partial charge in [0.2, 0.25) is 0 Å². The molecule has 4 rings (SSSR count). The number of fused-ring (bicyclic) bond motifs is 5. The molecular weight excluding hydrogens is 256 g/mol. The highest BCUT2D eigenvalue weighted by molar-refractivity contribution is 5.47. The van der Waals surface area contributed by atoms with Gasteiger partial charge in [-0.25, -0.2) is 0 Å². The molecule has 0 bridgehead atoms. The van der Waals surface area contributed by atoms with Crippen molar-refractivity contribution in [1.29, 1.82) is 0 Å². The van der Waals surface area contributed by atoms with Crippen molar-refractivity contribution in [2.24, 2.45) is 17.3 Å². The number of benzene rings is 1. The van der Waals surface area contributed by atoms with E-state index in [1.54, 1.807) is 5.57 Å². The number of phenolic OH excluding ortho intramolecular Hbond substituents is 1. The van der Waals surface area contributed by atoms with E-state index in [2.05, 4.69) is 25.0 Å². The fourth-order valence-electron chi connectivity index (χ4n) is 5.23. The van der Waals surface area contributed by atoms with Crippen molar-refractivity contribution < 1.29 is 5.11 Å². The first kappa shape index (κ1) is 13.0. The van der Waals surface area contributed by atoms with E-state index in [0.29, 0.717) is 28.9 Å². The smallest absolute Gasteiger partial charge is 0.115 e. The van der Waals surface area contributed by atoms with Gasteiger partial charge < -0.3 is 5.11 Å². The maximum atomic E-state index is 9.70. The predicted octanol–water partition coefficient (Wildman–Crippen LogP) is 4.42. The lowest BCUT2D eigenvalue weighted by Crippen LogP contribution is -2.36. The molecule has 3 aliphatic rings. The van der Waals surface area contributed by atoms with Crippen LogP contribution in [0.1, 0.15) is 49.7 Å². The van der Waals surface area contributed by atoms with E-state index in [1.807, 2.05) is 12.1 Å². The Morgan fingerprint density at radius 3 is 2.95 bits per heavy atom. The average molecular weight is 278 g/mol. The molecule has 0 saturated heterocycles. The first-order valence-corrected chi connectivity index (χ1v) is 8.11. The Morgan fingerprint density at radius 2 is 2.14 bits per heavy atom. The van der Waals surface area contributed by atoms with Gasteiger partial charge in [-0.3, -0.25) is 0 Å². The van der Waals surface area contributed by atoms with Gasteiger partial charge in [-0.15, -0.1) is 12.3 Å². The third kappa shape index (κ3) is 1.72. The molecule has 3 aliphatic carbocycles. The van der Waals surface area contributed by atoms with E-state index >= 15 is 0 Å². The summed E-state index contributed by atoms with van der Waals surface area (Å²) in [4.78, 5) is 0. The second-order valence-electron chi connectivity index (χ2n) is 7.24. The van der Waals surface area contributed by atoms with Gasteiger partial charge in [0, 0.05) is 11.8 Å². The van der Waals surface area contributed by atoms with Gasteiger partial charge in [-0.05, 0) is 66.7 Å². The monoisotopic (exact) mass is 278 g/mol. The summed E-state index contributed by atoms with van der Waals surface area (Å²) in [5.41, 5.74) is 4.70. The third-order valence-corrected chi connectivity index (χ3v) is 6.37. The van der Waals surface area contributed by atoms with Gasteiger partial charge in [0.05, 0.1) is 0 Å². The van der Waals surface area contributed by atoms with Gasteiger partial charge in [-0.2, -0.15) is 0 Å². The minimum atomic E-state index is 0.311. The molecule has 2 fully saturated rings. The van der Waals surface area contributed by atoms with Crippen molar-refractivity contribution >= 4 is 0 Å². The summed E-state index contributed by atoms with van der Waals surface area (Å²) < 4.78 is 0. The number of allylic oxidation sites excluding steroid dienone is 2. The Balaban J connectivity index is 1.75. The summed E-state index contributed by atoms with van der Waals surface area (Å²) in [5, 5.41) is 9.70. The van der Waals surface area contributed by atoms with Crippen LogP contribution in [0.25, 0.3) is 0 Å². The average Bonchev–Trinajstić information content (AvgIpc) is 2.83. The lowest BCUT2D eigenvalue weighted by molar-refractivity contribution is 0.156. The second-order valence-corrected chi connectivity index (χ2v) is 7.24. The second kappa shape index (κ2) is 4.41. The normalized spacial score (nSPS) is 37.0. The van der Waals surface area contributed by atoms with Gasteiger partial charge in [0.15, 0.2) is 0 Å². The minimum Gasteiger partial charge on any atom is -0.508 e. The van der Waals surface area contributed by atoms with E-state index in [-0.39, 0.29) is 0 Å². The van der Waals surface area contributed by atoms with Crippen LogP contribution in [0, 0.1) is 29.6 Å². The van der Waals surface area contributed by atoms with Crippen LogP contribution in [-0.2, 0) is 6.42 Å². The van der Waals surface area contributed by atoms with Crippen LogP contribution in [0.5, 0.6) is 5.75 Å². The summed E-state index contributed by atoms with van der Waals surface area (Å²) in [5.74, 6) is 5.13. The Kier molecular flexibility index (Phi) is 2.73. The van der Waals surface area contributed by atoms with Crippen molar-refractivity contribution in [1.82, 2.24) is 0 Å². The SMILES string of the molecule is C#C[C@H]1CC[C@H]2C3=CCc4cc(O)ccc4[C@H]3CC[C@]12C. The summed E-state index contributed by atoms with van der Waals surface area (Å²) in [6.07, 6.45) is 14.1. The van der Waals surface area contributed by atoms with Gasteiger partial charge in [-0.1, -0.05) is 24.6 Å². The van der Waals surface area contributed by atoms with Gasteiger partial charge in [0.25, 0.3) is 0 Å². The lowest BCUT2D eigenvalue weighted by Gasteiger charge is -2.46. The quantitative estimate of drug-likeness (QED) is 0.550. The lowest BCUT2D eigenvalue weighted by atomic mass is 9.58. The number of aromatic hydroxyl groups is 1. The molecule has 1 aromatic rings. The number of rotatable bonds is 0. The highest BCUT2D eigenvalue weighted by Gasteiger charge is 2.51. The van der Waals surface area contributed by atoms with Crippen LogP contribution >= 0.6 is 0 Å².